The molecule has 2 aromatic rings. The van der Waals surface area contributed by atoms with Crippen molar-refractivity contribution in [2.75, 3.05) is 27.3 Å². The van der Waals surface area contributed by atoms with E-state index in [-0.39, 0.29) is 10.6 Å². The summed E-state index contributed by atoms with van der Waals surface area (Å²) in [6.07, 6.45) is 2.56. The molecule has 1 aliphatic heterocycles. The van der Waals surface area contributed by atoms with Gasteiger partial charge in [-0.05, 0) is 35.9 Å². The summed E-state index contributed by atoms with van der Waals surface area (Å²) in [5.74, 6) is 1.20. The third kappa shape index (κ3) is 3.53. The maximum atomic E-state index is 11.6. The fourth-order valence-corrected chi connectivity index (χ4v) is 3.57. The average Bonchev–Trinajstić information content (AvgIpc) is 2.66. The highest BCUT2D eigenvalue weighted by Crippen LogP contribution is 2.35. The van der Waals surface area contributed by atoms with Crippen LogP contribution in [0.15, 0.2) is 43.0 Å². The van der Waals surface area contributed by atoms with Gasteiger partial charge < -0.3 is 9.47 Å². The summed E-state index contributed by atoms with van der Waals surface area (Å²) in [6.45, 7) is 5.08. The van der Waals surface area contributed by atoms with Gasteiger partial charge in [0.15, 0.2) is 18.0 Å². The number of nitro benzene ring substituents is 1. The minimum absolute atomic E-state index is 0.00565. The predicted molar refractivity (Wildman–Crippen MR) is 105 cm³/mol. The van der Waals surface area contributed by atoms with Crippen molar-refractivity contribution in [3.8, 4) is 11.5 Å². The first-order chi connectivity index (χ1) is 13.0. The lowest BCUT2D eigenvalue weighted by Crippen LogP contribution is -2.31. The van der Waals surface area contributed by atoms with E-state index in [1.54, 1.807) is 26.4 Å². The Morgan fingerprint density at radius 1 is 1.22 bits per heavy atom. The smallest absolute Gasteiger partial charge is 0.283 e. The number of methoxy groups -OCH3 is 2. The first kappa shape index (κ1) is 18.9. The Labute approximate surface area is 162 Å². The van der Waals surface area contributed by atoms with Crippen molar-refractivity contribution < 1.29 is 19.0 Å². The highest BCUT2D eigenvalue weighted by Gasteiger charge is 2.33. The first-order valence-electron chi connectivity index (χ1n) is 8.42. The van der Waals surface area contributed by atoms with Crippen molar-refractivity contribution in [3.05, 3.63) is 74.8 Å². The molecule has 7 heteroatoms. The number of nitrogens with zero attached hydrogens (tertiary/aromatic N) is 2. The second-order valence-corrected chi connectivity index (χ2v) is 6.55. The molecular formula is C20H20ClN2O4+. The second-order valence-electron chi connectivity index (χ2n) is 6.12. The number of rotatable bonds is 6. The van der Waals surface area contributed by atoms with Gasteiger partial charge >= 0.3 is 0 Å². The molecule has 2 aromatic carbocycles. The van der Waals surface area contributed by atoms with Gasteiger partial charge in [-0.3, -0.25) is 10.1 Å². The van der Waals surface area contributed by atoms with Gasteiger partial charge in [0.25, 0.3) is 5.69 Å². The molecule has 1 heterocycles. The van der Waals surface area contributed by atoms with E-state index >= 15 is 0 Å². The van der Waals surface area contributed by atoms with E-state index in [0.717, 1.165) is 23.3 Å². The Bertz CT molecular complexity index is 953. The van der Waals surface area contributed by atoms with E-state index in [1.165, 1.54) is 12.1 Å². The van der Waals surface area contributed by atoms with E-state index < -0.39 is 0 Å². The van der Waals surface area contributed by atoms with Crippen LogP contribution in [-0.2, 0) is 6.42 Å². The zero-order valence-electron chi connectivity index (χ0n) is 15.2. The standard InChI is InChI=1S/C20H20ClN2O4/c1-4-8-22-9-7-13-10-18(26-2)19(27-3)12-15(13)20(22)16-11-14(21)5-6-17(16)23(24)25/h4-6,10-12H,1,7-9H2,2-3H3/q+1. The topological polar surface area (TPSA) is 64.6 Å². The summed E-state index contributed by atoms with van der Waals surface area (Å²) in [4.78, 5) is 11.3. The van der Waals surface area contributed by atoms with Crippen LogP contribution in [0.4, 0.5) is 5.69 Å². The Hall–Kier alpha value is -2.86. The molecule has 0 amide bonds. The van der Waals surface area contributed by atoms with Crippen molar-refractivity contribution >= 4 is 23.0 Å². The minimum atomic E-state index is -0.389. The molecule has 0 N–H and O–H groups in total. The van der Waals surface area contributed by atoms with Gasteiger partial charge in [0.2, 0.25) is 5.71 Å². The van der Waals surface area contributed by atoms with Crippen LogP contribution >= 0.6 is 11.6 Å². The Morgan fingerprint density at radius 3 is 2.56 bits per heavy atom. The number of halogens is 1. The largest absolute Gasteiger partial charge is 0.493 e. The van der Waals surface area contributed by atoms with Gasteiger partial charge in [-0.15, -0.1) is 0 Å². The lowest BCUT2D eigenvalue weighted by molar-refractivity contribution is -0.518. The molecule has 0 aromatic heterocycles. The van der Waals surface area contributed by atoms with Crippen LogP contribution in [0.5, 0.6) is 11.5 Å². The second kappa shape index (κ2) is 7.80. The Morgan fingerprint density at radius 2 is 1.93 bits per heavy atom. The van der Waals surface area contributed by atoms with Crippen LogP contribution in [0.1, 0.15) is 16.7 Å². The third-order valence-corrected chi connectivity index (χ3v) is 4.83. The monoisotopic (exact) mass is 387 g/mol. The van der Waals surface area contributed by atoms with Gasteiger partial charge in [0.05, 0.1) is 24.7 Å². The van der Waals surface area contributed by atoms with Gasteiger partial charge in [-0.1, -0.05) is 18.2 Å². The number of fused-ring (bicyclic) bond motifs is 1. The lowest BCUT2D eigenvalue weighted by atomic mass is 9.91. The van der Waals surface area contributed by atoms with Crippen LogP contribution in [0, 0.1) is 10.1 Å². The Kier molecular flexibility index (Phi) is 5.46. The zero-order valence-corrected chi connectivity index (χ0v) is 16.0. The molecule has 0 fully saturated rings. The molecule has 0 aliphatic carbocycles. The van der Waals surface area contributed by atoms with Crippen LogP contribution in [0.25, 0.3) is 0 Å². The molecular weight excluding hydrogens is 368 g/mol. The molecule has 0 radical (unpaired) electrons. The highest BCUT2D eigenvalue weighted by atomic mass is 35.5. The molecule has 6 nitrogen and oxygen atoms in total. The fraction of sp³-hybridized carbons (Fsp3) is 0.250. The summed E-state index contributed by atoms with van der Waals surface area (Å²) in [5.41, 5.74) is 3.13. The molecule has 0 spiro atoms. The minimum Gasteiger partial charge on any atom is -0.493 e. The quantitative estimate of drug-likeness (QED) is 0.327. The molecule has 0 bridgehead atoms. The number of hydrogen-bond acceptors (Lipinski definition) is 4. The normalized spacial score (nSPS) is 13.1. The average molecular weight is 388 g/mol. The molecule has 0 saturated carbocycles. The van der Waals surface area contributed by atoms with Crippen LogP contribution in [0.3, 0.4) is 0 Å². The highest BCUT2D eigenvalue weighted by molar-refractivity contribution is 6.31. The van der Waals surface area contributed by atoms with Crippen LogP contribution < -0.4 is 9.47 Å². The maximum Gasteiger partial charge on any atom is 0.283 e. The lowest BCUT2D eigenvalue weighted by Gasteiger charge is -2.20. The van der Waals surface area contributed by atoms with Crippen molar-refractivity contribution in [2.24, 2.45) is 0 Å². The van der Waals surface area contributed by atoms with E-state index in [9.17, 15) is 10.1 Å². The van der Waals surface area contributed by atoms with Crippen LogP contribution in [0.2, 0.25) is 5.02 Å². The molecule has 0 atom stereocenters. The Balaban J connectivity index is 2.34. The van der Waals surface area contributed by atoms with Gasteiger partial charge in [-0.2, -0.15) is 0 Å². The summed E-state index contributed by atoms with van der Waals surface area (Å²) in [5, 5.41) is 12.1. The van der Waals surface area contributed by atoms with E-state index in [0.29, 0.717) is 35.2 Å². The molecule has 27 heavy (non-hydrogen) atoms. The van der Waals surface area contributed by atoms with Crippen molar-refractivity contribution in [1.29, 1.82) is 0 Å². The van der Waals surface area contributed by atoms with Gasteiger partial charge in [0.1, 0.15) is 12.1 Å². The first-order valence-corrected chi connectivity index (χ1v) is 8.80. The predicted octanol–water partition coefficient (Wildman–Crippen LogP) is 3.86. The molecule has 1 aliphatic rings. The molecule has 3 rings (SSSR count). The van der Waals surface area contributed by atoms with Gasteiger partial charge in [-0.25, -0.2) is 4.58 Å². The molecule has 0 saturated heterocycles. The number of hydrogen-bond donors (Lipinski definition) is 0. The molecule has 140 valence electrons. The van der Waals surface area contributed by atoms with Crippen LogP contribution in [-0.4, -0.2) is 42.5 Å². The third-order valence-electron chi connectivity index (χ3n) is 4.59. The maximum absolute atomic E-state index is 11.6. The van der Waals surface area contributed by atoms with E-state index in [1.807, 2.05) is 12.1 Å². The summed E-state index contributed by atoms with van der Waals surface area (Å²) in [7, 11) is 3.15. The van der Waals surface area contributed by atoms with Gasteiger partial charge in [0, 0.05) is 17.5 Å². The summed E-state index contributed by atoms with van der Waals surface area (Å²) < 4.78 is 12.9. The summed E-state index contributed by atoms with van der Waals surface area (Å²) >= 11 is 6.18. The number of ether oxygens (including phenoxy) is 2. The van der Waals surface area contributed by atoms with Crippen molar-refractivity contribution in [1.82, 2.24) is 0 Å². The van der Waals surface area contributed by atoms with Crippen molar-refractivity contribution in [2.45, 2.75) is 6.42 Å². The fourth-order valence-electron chi connectivity index (χ4n) is 3.40. The van der Waals surface area contributed by atoms with E-state index in [4.69, 9.17) is 21.1 Å². The molecule has 0 unspecified atom stereocenters. The number of benzene rings is 2. The zero-order chi connectivity index (χ0) is 19.6. The van der Waals surface area contributed by atoms with Crippen molar-refractivity contribution in [3.63, 3.8) is 0 Å². The summed E-state index contributed by atoms with van der Waals surface area (Å²) in [6, 6.07) is 8.39. The van der Waals surface area contributed by atoms with E-state index in [2.05, 4.69) is 11.2 Å². The number of nitro groups is 1. The SMILES string of the molecule is C=CC[N+]1=C(c2cc(Cl)ccc2[N+](=O)[O-])c2cc(OC)c(OC)cc2CC1.